The molecule has 102 valence electrons. The van der Waals surface area contributed by atoms with E-state index in [-0.39, 0.29) is 11.1 Å². The van der Waals surface area contributed by atoms with E-state index in [4.69, 9.17) is 0 Å². The molecule has 2 atom stereocenters. The zero-order chi connectivity index (χ0) is 13.2. The zero-order valence-electron chi connectivity index (χ0n) is 10.7. The minimum Gasteiger partial charge on any atom is -0.332 e. The summed E-state index contributed by atoms with van der Waals surface area (Å²) in [6, 6.07) is 0.421. The molecule has 0 aromatic carbocycles. The number of aryl methyl sites for hydroxylation is 1. The lowest BCUT2D eigenvalue weighted by atomic mass is 10.0. The van der Waals surface area contributed by atoms with Gasteiger partial charge in [-0.2, -0.15) is 0 Å². The number of aromatic nitrogens is 2. The predicted octanol–water partition coefficient (Wildman–Crippen LogP) is 0.391. The van der Waals surface area contributed by atoms with E-state index < -0.39 is 10.0 Å². The zero-order valence-corrected chi connectivity index (χ0v) is 11.5. The van der Waals surface area contributed by atoms with Crippen LogP contribution in [0.25, 0.3) is 0 Å². The largest absolute Gasteiger partial charge is 0.332 e. The van der Waals surface area contributed by atoms with Crippen molar-refractivity contribution in [2.24, 2.45) is 0 Å². The van der Waals surface area contributed by atoms with Gasteiger partial charge in [-0.05, 0) is 19.8 Å². The maximum atomic E-state index is 12.1. The minimum absolute atomic E-state index is 0.0421. The van der Waals surface area contributed by atoms with Gasteiger partial charge in [-0.3, -0.25) is 0 Å². The molecule has 1 fully saturated rings. The molecule has 0 aliphatic carbocycles. The highest BCUT2D eigenvalue weighted by Gasteiger charge is 2.24. The van der Waals surface area contributed by atoms with Crippen LogP contribution in [0.5, 0.6) is 0 Å². The molecule has 0 radical (unpaired) electrons. The number of nitrogens with one attached hydrogen (secondary N) is 3. The lowest BCUT2D eigenvalue weighted by molar-refractivity contribution is 0.366. The standard InChI is InChI=1S/C11H20N4O2S/c1-3-10-13-7-11(14-10)18(16,17)15-9-5-4-8(2)12-6-9/h7-9,12,15H,3-6H2,1-2H3,(H,13,14). The first-order chi connectivity index (χ1) is 8.51. The number of imidazole rings is 1. The summed E-state index contributed by atoms with van der Waals surface area (Å²) in [5.74, 6) is 0.686. The summed E-state index contributed by atoms with van der Waals surface area (Å²) < 4.78 is 26.9. The number of sulfonamides is 1. The molecule has 1 aliphatic rings. The second kappa shape index (κ2) is 5.38. The smallest absolute Gasteiger partial charge is 0.257 e. The Morgan fingerprint density at radius 3 is 2.83 bits per heavy atom. The Hall–Kier alpha value is -0.920. The molecule has 2 unspecified atom stereocenters. The third kappa shape index (κ3) is 3.09. The molecule has 1 saturated heterocycles. The average Bonchev–Trinajstić information content (AvgIpc) is 2.81. The van der Waals surface area contributed by atoms with Crippen molar-refractivity contribution in [1.29, 1.82) is 0 Å². The summed E-state index contributed by atoms with van der Waals surface area (Å²) in [6.45, 7) is 4.71. The summed E-state index contributed by atoms with van der Waals surface area (Å²) in [4.78, 5) is 6.84. The monoisotopic (exact) mass is 272 g/mol. The van der Waals surface area contributed by atoms with Crippen molar-refractivity contribution in [3.63, 3.8) is 0 Å². The SMILES string of the molecule is CCc1ncc(S(=O)(=O)NC2CCC(C)NC2)[nH]1. The molecule has 2 rings (SSSR count). The fourth-order valence-electron chi connectivity index (χ4n) is 2.04. The molecule has 3 N–H and O–H groups in total. The second-order valence-electron chi connectivity index (χ2n) is 4.75. The summed E-state index contributed by atoms with van der Waals surface area (Å²) in [7, 11) is -3.47. The molecule has 1 aromatic rings. The van der Waals surface area contributed by atoms with Crippen molar-refractivity contribution >= 4 is 10.0 Å². The quantitative estimate of drug-likeness (QED) is 0.740. The summed E-state index contributed by atoms with van der Waals surface area (Å²) in [5.41, 5.74) is 0. The topological polar surface area (TPSA) is 86.9 Å². The maximum absolute atomic E-state index is 12.1. The van der Waals surface area contributed by atoms with Gasteiger partial charge in [0.15, 0.2) is 5.03 Å². The molecule has 0 spiro atoms. The molecule has 6 nitrogen and oxygen atoms in total. The molecular weight excluding hydrogens is 252 g/mol. The summed E-state index contributed by atoms with van der Waals surface area (Å²) in [5, 5.41) is 3.42. The summed E-state index contributed by atoms with van der Waals surface area (Å²) >= 11 is 0. The van der Waals surface area contributed by atoms with Crippen molar-refractivity contribution in [3.05, 3.63) is 12.0 Å². The first-order valence-corrected chi connectivity index (χ1v) is 7.79. The summed E-state index contributed by atoms with van der Waals surface area (Å²) in [6.07, 6.45) is 3.91. The first-order valence-electron chi connectivity index (χ1n) is 6.31. The van der Waals surface area contributed by atoms with Crippen LogP contribution >= 0.6 is 0 Å². The minimum atomic E-state index is -3.47. The lowest BCUT2D eigenvalue weighted by Gasteiger charge is -2.27. The van der Waals surface area contributed by atoms with E-state index >= 15 is 0 Å². The Morgan fingerprint density at radius 2 is 2.28 bits per heavy atom. The second-order valence-corrected chi connectivity index (χ2v) is 6.43. The van der Waals surface area contributed by atoms with E-state index in [1.165, 1.54) is 6.20 Å². The van der Waals surface area contributed by atoms with E-state index in [0.29, 0.717) is 24.8 Å². The highest BCUT2D eigenvalue weighted by atomic mass is 32.2. The van der Waals surface area contributed by atoms with Crippen molar-refractivity contribution in [2.45, 2.75) is 50.2 Å². The van der Waals surface area contributed by atoms with Crippen LogP contribution < -0.4 is 10.0 Å². The van der Waals surface area contributed by atoms with E-state index in [9.17, 15) is 8.42 Å². The molecular formula is C11H20N4O2S. The van der Waals surface area contributed by atoms with Crippen LogP contribution in [0, 0.1) is 0 Å². The highest BCUT2D eigenvalue weighted by Crippen LogP contribution is 2.12. The Kier molecular flexibility index (Phi) is 4.04. The molecule has 1 aromatic heterocycles. The number of rotatable bonds is 4. The van der Waals surface area contributed by atoms with Gasteiger partial charge >= 0.3 is 0 Å². The Bertz CT molecular complexity index is 489. The highest BCUT2D eigenvalue weighted by molar-refractivity contribution is 7.89. The number of hydrogen-bond acceptors (Lipinski definition) is 4. The number of H-pyrrole nitrogens is 1. The lowest BCUT2D eigenvalue weighted by Crippen LogP contribution is -2.48. The van der Waals surface area contributed by atoms with E-state index in [1.807, 2.05) is 6.92 Å². The third-order valence-corrected chi connectivity index (χ3v) is 4.64. The number of piperidine rings is 1. The molecule has 1 aliphatic heterocycles. The molecule has 0 bridgehead atoms. The van der Waals surface area contributed by atoms with Crippen molar-refractivity contribution in [3.8, 4) is 0 Å². The van der Waals surface area contributed by atoms with Crippen molar-refractivity contribution < 1.29 is 8.42 Å². The van der Waals surface area contributed by atoms with Crippen LogP contribution in [-0.2, 0) is 16.4 Å². The van der Waals surface area contributed by atoms with Gasteiger partial charge in [0.25, 0.3) is 10.0 Å². The molecule has 7 heteroatoms. The van der Waals surface area contributed by atoms with Crippen LogP contribution in [0.3, 0.4) is 0 Å². The Morgan fingerprint density at radius 1 is 1.50 bits per heavy atom. The van der Waals surface area contributed by atoms with Crippen molar-refractivity contribution in [2.75, 3.05) is 6.54 Å². The average molecular weight is 272 g/mol. The van der Waals surface area contributed by atoms with Crippen LogP contribution in [0.4, 0.5) is 0 Å². The predicted molar refractivity (Wildman–Crippen MR) is 68.8 cm³/mol. The fraction of sp³-hybridized carbons (Fsp3) is 0.727. The van der Waals surface area contributed by atoms with E-state index in [1.54, 1.807) is 0 Å². The van der Waals surface area contributed by atoms with Crippen LogP contribution in [0.15, 0.2) is 11.2 Å². The molecule has 0 amide bonds. The van der Waals surface area contributed by atoms with Gasteiger partial charge in [-0.15, -0.1) is 0 Å². The van der Waals surface area contributed by atoms with Crippen LogP contribution in [-0.4, -0.2) is 37.0 Å². The van der Waals surface area contributed by atoms with E-state index in [0.717, 1.165) is 12.8 Å². The van der Waals surface area contributed by atoms with Crippen molar-refractivity contribution in [1.82, 2.24) is 20.0 Å². The van der Waals surface area contributed by atoms with Gasteiger partial charge < -0.3 is 10.3 Å². The van der Waals surface area contributed by atoms with Gasteiger partial charge in [0.2, 0.25) is 0 Å². The van der Waals surface area contributed by atoms with Gasteiger partial charge in [-0.1, -0.05) is 6.92 Å². The van der Waals surface area contributed by atoms with E-state index in [2.05, 4.69) is 26.9 Å². The molecule has 18 heavy (non-hydrogen) atoms. The van der Waals surface area contributed by atoms with Gasteiger partial charge in [0, 0.05) is 25.0 Å². The normalized spacial score (nSPS) is 25.2. The first kappa shape index (κ1) is 13.5. The molecule has 0 saturated carbocycles. The Labute approximate surface area is 108 Å². The maximum Gasteiger partial charge on any atom is 0.257 e. The van der Waals surface area contributed by atoms with Gasteiger partial charge in [0.05, 0.1) is 6.20 Å². The van der Waals surface area contributed by atoms with Gasteiger partial charge in [-0.25, -0.2) is 18.1 Å². The number of aromatic amines is 1. The number of nitrogens with zero attached hydrogens (tertiary/aromatic N) is 1. The van der Waals surface area contributed by atoms with Crippen LogP contribution in [0.1, 0.15) is 32.5 Å². The van der Waals surface area contributed by atoms with Gasteiger partial charge in [0.1, 0.15) is 5.82 Å². The molecule has 2 heterocycles. The van der Waals surface area contributed by atoms with Crippen LogP contribution in [0.2, 0.25) is 0 Å². The Balaban J connectivity index is 2.03. The third-order valence-electron chi connectivity index (χ3n) is 3.21. The number of hydrogen-bond donors (Lipinski definition) is 3. The fourth-order valence-corrected chi connectivity index (χ4v) is 3.25.